The van der Waals surface area contributed by atoms with E-state index in [1.165, 1.54) is 0 Å². The molecule has 2 unspecified atom stereocenters. The zero-order chi connectivity index (χ0) is 8.81. The lowest BCUT2D eigenvalue weighted by Crippen LogP contribution is -1.80. The number of hydrogen-bond donors (Lipinski definition) is 0. The van der Waals surface area contributed by atoms with E-state index in [4.69, 9.17) is 9.05 Å². The highest BCUT2D eigenvalue weighted by Gasteiger charge is 2.10. The second-order valence-electron chi connectivity index (χ2n) is 1.82. The molecule has 12 heavy (non-hydrogen) atoms. The van der Waals surface area contributed by atoms with E-state index in [2.05, 4.69) is 0 Å². The van der Waals surface area contributed by atoms with Crippen LogP contribution in [0.5, 0.6) is 11.5 Å². The van der Waals surface area contributed by atoms with Crippen molar-refractivity contribution in [2.75, 3.05) is 0 Å². The van der Waals surface area contributed by atoms with E-state index < -0.39 is 17.4 Å². The first-order valence-corrected chi connectivity index (χ1v) is 4.69. The minimum atomic E-state index is -0.893. The van der Waals surface area contributed by atoms with Gasteiger partial charge in [-0.05, 0) is 21.3 Å². The third kappa shape index (κ3) is 2.26. The van der Waals surface area contributed by atoms with Crippen molar-refractivity contribution in [3.05, 3.63) is 24.3 Å². The SMILES string of the molecule is O=[PH+]Oc1ccccc1O[PH+]=O. The summed E-state index contributed by atoms with van der Waals surface area (Å²) in [5.74, 6) is 0.656. The Morgan fingerprint density at radius 1 is 0.917 bits per heavy atom. The van der Waals surface area contributed by atoms with Crippen molar-refractivity contribution in [3.63, 3.8) is 0 Å². The third-order valence-corrected chi connectivity index (χ3v) is 1.76. The van der Waals surface area contributed by atoms with Crippen molar-refractivity contribution >= 4 is 17.4 Å². The summed E-state index contributed by atoms with van der Waals surface area (Å²) in [6, 6.07) is 6.58. The largest absolute Gasteiger partial charge is 0.542 e. The summed E-state index contributed by atoms with van der Waals surface area (Å²) < 4.78 is 29.7. The zero-order valence-corrected chi connectivity index (χ0v) is 7.94. The maximum Gasteiger partial charge on any atom is 0.542 e. The molecule has 2 atom stereocenters. The highest BCUT2D eigenvalue weighted by atomic mass is 31.1. The quantitative estimate of drug-likeness (QED) is 0.706. The van der Waals surface area contributed by atoms with Gasteiger partial charge in [0.1, 0.15) is 0 Å². The highest BCUT2D eigenvalue weighted by Crippen LogP contribution is 2.30. The van der Waals surface area contributed by atoms with Gasteiger partial charge in [-0.3, -0.25) is 9.05 Å². The number of hydrogen-bond acceptors (Lipinski definition) is 4. The lowest BCUT2D eigenvalue weighted by atomic mass is 10.3. The van der Waals surface area contributed by atoms with Gasteiger partial charge in [-0.15, -0.1) is 0 Å². The molecule has 6 heteroatoms. The van der Waals surface area contributed by atoms with Gasteiger partial charge in [-0.1, -0.05) is 12.1 Å². The molecule has 0 spiro atoms. The smallest absolute Gasteiger partial charge is 0.252 e. The minimum absolute atomic E-state index is 0.328. The second kappa shape index (κ2) is 4.81. The highest BCUT2D eigenvalue weighted by molar-refractivity contribution is 7.18. The Hall–Kier alpha value is -0.980. The summed E-state index contributed by atoms with van der Waals surface area (Å²) in [7, 11) is -1.79. The van der Waals surface area contributed by atoms with E-state index in [0.29, 0.717) is 11.5 Å². The Balaban J connectivity index is 2.90. The van der Waals surface area contributed by atoms with Crippen LogP contribution in [0.4, 0.5) is 0 Å². The lowest BCUT2D eigenvalue weighted by Gasteiger charge is -1.92. The summed E-state index contributed by atoms with van der Waals surface area (Å²) in [5, 5.41) is 0. The molecule has 0 fully saturated rings. The van der Waals surface area contributed by atoms with Gasteiger partial charge < -0.3 is 0 Å². The average molecular weight is 204 g/mol. The Labute approximate surface area is 72.1 Å². The third-order valence-electron chi connectivity index (χ3n) is 1.15. The summed E-state index contributed by atoms with van der Waals surface area (Å²) in [5.41, 5.74) is 0. The first-order valence-electron chi connectivity index (χ1n) is 3.05. The number of rotatable bonds is 4. The predicted molar refractivity (Wildman–Crippen MR) is 45.7 cm³/mol. The maximum atomic E-state index is 10.1. The number of benzene rings is 1. The van der Waals surface area contributed by atoms with E-state index in [1.807, 2.05) is 0 Å². The molecule has 0 saturated carbocycles. The minimum Gasteiger partial charge on any atom is -0.252 e. The van der Waals surface area contributed by atoms with Crippen LogP contribution in [0, 0.1) is 0 Å². The van der Waals surface area contributed by atoms with E-state index >= 15 is 0 Å². The van der Waals surface area contributed by atoms with Crippen LogP contribution < -0.4 is 9.05 Å². The Kier molecular flexibility index (Phi) is 3.65. The Morgan fingerprint density at radius 2 is 1.33 bits per heavy atom. The van der Waals surface area contributed by atoms with E-state index in [-0.39, 0.29) is 0 Å². The molecular formula is C6H6O4P2+2. The molecule has 1 aromatic carbocycles. The van der Waals surface area contributed by atoms with Crippen molar-refractivity contribution in [2.24, 2.45) is 0 Å². The number of para-hydroxylation sites is 2. The summed E-state index contributed by atoms with van der Waals surface area (Å²) in [4.78, 5) is 0. The molecule has 1 aromatic rings. The first-order chi connectivity index (χ1) is 5.88. The van der Waals surface area contributed by atoms with Crippen LogP contribution >= 0.6 is 17.4 Å². The summed E-state index contributed by atoms with van der Waals surface area (Å²) >= 11 is 0. The maximum absolute atomic E-state index is 10.1. The predicted octanol–water partition coefficient (Wildman–Crippen LogP) is 2.32. The van der Waals surface area contributed by atoms with Crippen LogP contribution in [-0.4, -0.2) is 0 Å². The molecular weight excluding hydrogens is 198 g/mol. The molecule has 0 aliphatic rings. The molecule has 0 aliphatic carbocycles. The topological polar surface area (TPSA) is 52.6 Å². The Morgan fingerprint density at radius 3 is 1.67 bits per heavy atom. The Bertz CT molecular complexity index is 260. The van der Waals surface area contributed by atoms with Gasteiger partial charge in [0.15, 0.2) is 0 Å². The molecule has 0 radical (unpaired) electrons. The van der Waals surface area contributed by atoms with Crippen LogP contribution in [0.15, 0.2) is 24.3 Å². The molecule has 0 heterocycles. The van der Waals surface area contributed by atoms with Gasteiger partial charge in [-0.25, -0.2) is 0 Å². The molecule has 4 nitrogen and oxygen atoms in total. The normalized spacial score (nSPS) is 10.0. The summed E-state index contributed by atoms with van der Waals surface area (Å²) in [6.07, 6.45) is 0. The first kappa shape index (κ1) is 9.11. The van der Waals surface area contributed by atoms with Crippen LogP contribution in [-0.2, 0) is 9.13 Å². The van der Waals surface area contributed by atoms with E-state index in [1.54, 1.807) is 24.3 Å². The van der Waals surface area contributed by atoms with E-state index in [0.717, 1.165) is 0 Å². The van der Waals surface area contributed by atoms with Crippen LogP contribution in [0.3, 0.4) is 0 Å². The van der Waals surface area contributed by atoms with Crippen LogP contribution in [0.25, 0.3) is 0 Å². The molecule has 0 N–H and O–H groups in total. The van der Waals surface area contributed by atoms with Gasteiger partial charge in [-0.2, -0.15) is 0 Å². The van der Waals surface area contributed by atoms with Gasteiger partial charge in [0.05, 0.1) is 0 Å². The standard InChI is InChI=1S/C6H6O4P2/c7-11-9-5-3-1-2-4-6(5)10-12-8/h1-4,11-12H/q+2. The zero-order valence-electron chi connectivity index (χ0n) is 5.94. The fourth-order valence-electron chi connectivity index (χ4n) is 0.709. The molecule has 0 aromatic heterocycles. The van der Waals surface area contributed by atoms with Crippen molar-refractivity contribution in [2.45, 2.75) is 0 Å². The monoisotopic (exact) mass is 204 g/mol. The summed E-state index contributed by atoms with van der Waals surface area (Å²) in [6.45, 7) is 0. The van der Waals surface area contributed by atoms with E-state index in [9.17, 15) is 9.13 Å². The van der Waals surface area contributed by atoms with Gasteiger partial charge >= 0.3 is 17.4 Å². The van der Waals surface area contributed by atoms with Gasteiger partial charge in [0, 0.05) is 0 Å². The molecule has 0 aliphatic heterocycles. The average Bonchev–Trinajstić information content (AvgIpc) is 2.09. The fourth-order valence-corrected chi connectivity index (χ4v) is 1.23. The molecule has 62 valence electrons. The van der Waals surface area contributed by atoms with Crippen LogP contribution in [0.2, 0.25) is 0 Å². The van der Waals surface area contributed by atoms with Crippen LogP contribution in [0.1, 0.15) is 0 Å². The lowest BCUT2D eigenvalue weighted by molar-refractivity contribution is 0.488. The van der Waals surface area contributed by atoms with Crippen molar-refractivity contribution in [1.29, 1.82) is 0 Å². The van der Waals surface area contributed by atoms with Gasteiger partial charge in [0.2, 0.25) is 11.5 Å². The van der Waals surface area contributed by atoms with Crippen molar-refractivity contribution < 1.29 is 18.2 Å². The van der Waals surface area contributed by atoms with Gasteiger partial charge in [0.25, 0.3) is 0 Å². The second-order valence-corrected chi connectivity index (χ2v) is 2.56. The molecule has 0 amide bonds. The fraction of sp³-hybridized carbons (Fsp3) is 0. The van der Waals surface area contributed by atoms with Crippen molar-refractivity contribution in [3.8, 4) is 11.5 Å². The molecule has 1 rings (SSSR count). The molecule has 0 bridgehead atoms. The molecule has 0 saturated heterocycles. The van der Waals surface area contributed by atoms with Crippen molar-refractivity contribution in [1.82, 2.24) is 0 Å².